The molecule has 0 saturated heterocycles. The molecule has 3 nitrogen and oxygen atoms in total. The van der Waals surface area contributed by atoms with Crippen LogP contribution in [0, 0.1) is 0 Å². The van der Waals surface area contributed by atoms with E-state index in [-0.39, 0.29) is 0 Å². The first-order valence-electron chi connectivity index (χ1n) is 4.44. The first-order chi connectivity index (χ1) is 6.79. The van der Waals surface area contributed by atoms with Crippen molar-refractivity contribution in [1.29, 1.82) is 0 Å². The molecule has 0 amide bonds. The molecule has 0 fully saturated rings. The van der Waals surface area contributed by atoms with E-state index >= 15 is 0 Å². The maximum atomic E-state index is 5.70. The van der Waals surface area contributed by atoms with Crippen molar-refractivity contribution >= 4 is 11.6 Å². The van der Waals surface area contributed by atoms with Gasteiger partial charge in [-0.15, -0.1) is 0 Å². The normalized spacial score (nSPS) is 10.4. The highest BCUT2D eigenvalue weighted by Crippen LogP contribution is 2.10. The minimum atomic E-state index is 0.504. The summed E-state index contributed by atoms with van der Waals surface area (Å²) in [6.45, 7) is 2.08. The maximum absolute atomic E-state index is 5.70. The van der Waals surface area contributed by atoms with Crippen molar-refractivity contribution in [3.8, 4) is 5.69 Å². The number of aryl methyl sites for hydroxylation is 1. The second-order valence-electron chi connectivity index (χ2n) is 2.96. The third kappa shape index (κ3) is 1.77. The number of aromatic nitrogens is 3. The molecule has 0 aliphatic rings. The van der Waals surface area contributed by atoms with Crippen LogP contribution in [-0.2, 0) is 6.42 Å². The first-order valence-corrected chi connectivity index (χ1v) is 4.82. The number of hydrogen-bond donors (Lipinski definition) is 0. The molecule has 14 heavy (non-hydrogen) atoms. The van der Waals surface area contributed by atoms with E-state index in [1.165, 1.54) is 0 Å². The van der Waals surface area contributed by atoms with E-state index in [4.69, 9.17) is 11.6 Å². The lowest BCUT2D eigenvalue weighted by molar-refractivity contribution is 1.04. The summed E-state index contributed by atoms with van der Waals surface area (Å²) in [7, 11) is 0. The Morgan fingerprint density at radius 2 is 2.21 bits per heavy atom. The minimum absolute atomic E-state index is 0.504. The zero-order valence-corrected chi connectivity index (χ0v) is 8.57. The van der Waals surface area contributed by atoms with Gasteiger partial charge in [0.2, 0.25) is 0 Å². The second kappa shape index (κ2) is 3.80. The molecule has 0 bridgehead atoms. The molecule has 0 saturated carbocycles. The van der Waals surface area contributed by atoms with Crippen LogP contribution in [-0.4, -0.2) is 14.5 Å². The topological polar surface area (TPSA) is 30.7 Å². The molecule has 0 spiro atoms. The molecule has 0 radical (unpaired) electrons. The van der Waals surface area contributed by atoms with Crippen LogP contribution in [0.3, 0.4) is 0 Å². The SMILES string of the molecule is CCc1cn(-c2ccc(Cl)nc2)cn1. The van der Waals surface area contributed by atoms with Crippen molar-refractivity contribution in [3.63, 3.8) is 0 Å². The van der Waals surface area contributed by atoms with Gasteiger partial charge in [0.25, 0.3) is 0 Å². The van der Waals surface area contributed by atoms with E-state index < -0.39 is 0 Å². The van der Waals surface area contributed by atoms with Crippen molar-refractivity contribution in [1.82, 2.24) is 14.5 Å². The van der Waals surface area contributed by atoms with Gasteiger partial charge in [0, 0.05) is 6.20 Å². The van der Waals surface area contributed by atoms with Gasteiger partial charge in [0.1, 0.15) is 5.15 Å². The standard InChI is InChI=1S/C10H10ClN3/c1-2-8-6-14(7-13-8)9-3-4-10(11)12-5-9/h3-7H,2H2,1H3. The highest BCUT2D eigenvalue weighted by molar-refractivity contribution is 6.29. The van der Waals surface area contributed by atoms with Crippen molar-refractivity contribution in [3.05, 3.63) is 41.7 Å². The summed E-state index contributed by atoms with van der Waals surface area (Å²) in [4.78, 5) is 8.24. The number of halogens is 1. The van der Waals surface area contributed by atoms with Gasteiger partial charge in [0.05, 0.1) is 23.9 Å². The van der Waals surface area contributed by atoms with Gasteiger partial charge in [0.15, 0.2) is 0 Å². The molecule has 0 aliphatic carbocycles. The molecule has 0 N–H and O–H groups in total. The molecular formula is C10H10ClN3. The van der Waals surface area contributed by atoms with Gasteiger partial charge in [-0.2, -0.15) is 0 Å². The Morgan fingerprint density at radius 1 is 1.36 bits per heavy atom. The van der Waals surface area contributed by atoms with Crippen LogP contribution in [0.4, 0.5) is 0 Å². The fourth-order valence-electron chi connectivity index (χ4n) is 1.21. The van der Waals surface area contributed by atoms with Crippen LogP contribution in [0.1, 0.15) is 12.6 Å². The molecule has 72 valence electrons. The molecule has 2 aromatic rings. The van der Waals surface area contributed by atoms with E-state index in [2.05, 4.69) is 16.9 Å². The fourth-order valence-corrected chi connectivity index (χ4v) is 1.32. The molecule has 0 aliphatic heterocycles. The van der Waals surface area contributed by atoms with Gasteiger partial charge in [-0.1, -0.05) is 18.5 Å². The molecule has 0 atom stereocenters. The Balaban J connectivity index is 2.34. The van der Waals surface area contributed by atoms with Crippen molar-refractivity contribution in [2.24, 2.45) is 0 Å². The summed E-state index contributed by atoms with van der Waals surface area (Å²) in [5.74, 6) is 0. The number of rotatable bonds is 2. The lowest BCUT2D eigenvalue weighted by Gasteiger charge is -1.99. The number of pyridine rings is 1. The largest absolute Gasteiger partial charge is 0.304 e. The monoisotopic (exact) mass is 207 g/mol. The third-order valence-electron chi connectivity index (χ3n) is 2.01. The van der Waals surface area contributed by atoms with Gasteiger partial charge in [-0.05, 0) is 18.6 Å². The summed E-state index contributed by atoms with van der Waals surface area (Å²) in [5, 5.41) is 0.504. The Bertz CT molecular complexity index is 419. The number of imidazole rings is 1. The van der Waals surface area contributed by atoms with Gasteiger partial charge in [-0.3, -0.25) is 0 Å². The van der Waals surface area contributed by atoms with Crippen molar-refractivity contribution in [2.45, 2.75) is 13.3 Å². The third-order valence-corrected chi connectivity index (χ3v) is 2.23. The van der Waals surface area contributed by atoms with Crippen LogP contribution in [0.15, 0.2) is 30.9 Å². The summed E-state index contributed by atoms with van der Waals surface area (Å²) >= 11 is 5.70. The Labute approximate surface area is 87.4 Å². The van der Waals surface area contributed by atoms with Crippen LogP contribution in [0.25, 0.3) is 5.69 Å². The predicted octanol–water partition coefficient (Wildman–Crippen LogP) is 2.48. The maximum Gasteiger partial charge on any atom is 0.129 e. The zero-order chi connectivity index (χ0) is 9.97. The minimum Gasteiger partial charge on any atom is -0.304 e. The highest BCUT2D eigenvalue weighted by Gasteiger charge is 1.99. The molecule has 0 aromatic carbocycles. The quantitative estimate of drug-likeness (QED) is 0.709. The fraction of sp³-hybridized carbons (Fsp3) is 0.200. The van der Waals surface area contributed by atoms with E-state index in [9.17, 15) is 0 Å². The van der Waals surface area contributed by atoms with Gasteiger partial charge >= 0.3 is 0 Å². The Morgan fingerprint density at radius 3 is 2.79 bits per heavy atom. The lowest BCUT2D eigenvalue weighted by Crippen LogP contribution is -1.90. The highest BCUT2D eigenvalue weighted by atomic mass is 35.5. The summed E-state index contributed by atoms with van der Waals surface area (Å²) < 4.78 is 1.93. The van der Waals surface area contributed by atoms with Crippen LogP contribution in [0.5, 0.6) is 0 Å². The Hall–Kier alpha value is -1.35. The van der Waals surface area contributed by atoms with Crippen molar-refractivity contribution in [2.75, 3.05) is 0 Å². The lowest BCUT2D eigenvalue weighted by atomic mass is 10.4. The summed E-state index contributed by atoms with van der Waals surface area (Å²) in [5.41, 5.74) is 2.04. The predicted molar refractivity (Wildman–Crippen MR) is 55.7 cm³/mol. The van der Waals surface area contributed by atoms with E-state index in [0.717, 1.165) is 17.8 Å². The van der Waals surface area contributed by atoms with Crippen LogP contribution < -0.4 is 0 Å². The molecule has 2 aromatic heterocycles. The van der Waals surface area contributed by atoms with Crippen molar-refractivity contribution < 1.29 is 0 Å². The Kier molecular flexibility index (Phi) is 2.50. The number of hydrogen-bond acceptors (Lipinski definition) is 2. The molecular weight excluding hydrogens is 198 g/mol. The summed E-state index contributed by atoms with van der Waals surface area (Å²) in [6, 6.07) is 3.68. The zero-order valence-electron chi connectivity index (χ0n) is 7.81. The van der Waals surface area contributed by atoms with Gasteiger partial charge in [-0.25, -0.2) is 9.97 Å². The second-order valence-corrected chi connectivity index (χ2v) is 3.35. The van der Waals surface area contributed by atoms with Crippen LogP contribution in [0.2, 0.25) is 5.15 Å². The smallest absolute Gasteiger partial charge is 0.129 e. The van der Waals surface area contributed by atoms with Gasteiger partial charge < -0.3 is 4.57 Å². The average molecular weight is 208 g/mol. The molecule has 4 heteroatoms. The van der Waals surface area contributed by atoms with E-state index in [1.54, 1.807) is 18.6 Å². The first kappa shape index (κ1) is 9.21. The number of nitrogens with zero attached hydrogens (tertiary/aromatic N) is 3. The molecule has 0 unspecified atom stereocenters. The van der Waals surface area contributed by atoms with E-state index in [0.29, 0.717) is 5.15 Å². The molecule has 2 heterocycles. The average Bonchev–Trinajstić information content (AvgIpc) is 2.67. The van der Waals surface area contributed by atoms with Crippen LogP contribution >= 0.6 is 11.6 Å². The summed E-state index contributed by atoms with van der Waals surface area (Å²) in [6.07, 6.45) is 6.44. The molecule has 2 rings (SSSR count). The van der Waals surface area contributed by atoms with E-state index in [1.807, 2.05) is 16.8 Å².